The molecule has 22 heavy (non-hydrogen) atoms. The zero-order chi connectivity index (χ0) is 16.7. The molecule has 0 atom stereocenters. The van der Waals surface area contributed by atoms with Crippen LogP contribution in [0.5, 0.6) is 0 Å². The van der Waals surface area contributed by atoms with E-state index in [9.17, 15) is 9.59 Å². The number of amides is 1. The van der Waals surface area contributed by atoms with Crippen molar-refractivity contribution in [3.05, 3.63) is 15.9 Å². The number of hydrogen-bond acceptors (Lipinski definition) is 5. The van der Waals surface area contributed by atoms with Crippen LogP contribution >= 0.6 is 15.9 Å². The number of hydrogen-bond donors (Lipinski definition) is 1. The van der Waals surface area contributed by atoms with E-state index in [2.05, 4.69) is 30.9 Å². The van der Waals surface area contributed by atoms with Crippen molar-refractivity contribution in [1.29, 1.82) is 0 Å². The van der Waals surface area contributed by atoms with Gasteiger partial charge in [0.2, 0.25) is 0 Å². The second kappa shape index (κ2) is 8.89. The van der Waals surface area contributed by atoms with Crippen molar-refractivity contribution in [2.24, 2.45) is 0 Å². The van der Waals surface area contributed by atoms with E-state index in [-0.39, 0.29) is 30.8 Å². The van der Waals surface area contributed by atoms with Crippen LogP contribution in [0.4, 0.5) is 0 Å². The summed E-state index contributed by atoms with van der Waals surface area (Å²) in [5.41, 5.74) is 1.17. The molecule has 0 unspecified atom stereocenters. The molecule has 1 N–H and O–H groups in total. The van der Waals surface area contributed by atoms with Gasteiger partial charge in [-0.1, -0.05) is 13.8 Å². The molecule has 124 valence electrons. The molecule has 0 aliphatic heterocycles. The highest BCUT2D eigenvalue weighted by Crippen LogP contribution is 2.26. The lowest BCUT2D eigenvalue weighted by atomic mass is 10.1. The van der Waals surface area contributed by atoms with E-state index >= 15 is 0 Å². The standard InChI is InChI=1S/C14H22BrN3O4/c1-9(2)12-11(15)13(17-16-12)14(20)18(7-8-21-3)6-5-10(19)22-4/h9H,5-8H2,1-4H3,(H,16,17). The van der Waals surface area contributed by atoms with Crippen LogP contribution in [0.2, 0.25) is 0 Å². The van der Waals surface area contributed by atoms with Crippen LogP contribution in [0, 0.1) is 0 Å². The Hall–Kier alpha value is -1.41. The van der Waals surface area contributed by atoms with Crippen LogP contribution in [0.15, 0.2) is 4.47 Å². The molecule has 0 radical (unpaired) electrons. The molecule has 0 aliphatic rings. The molecule has 1 rings (SSSR count). The van der Waals surface area contributed by atoms with Gasteiger partial charge in [-0.15, -0.1) is 0 Å². The van der Waals surface area contributed by atoms with Gasteiger partial charge >= 0.3 is 5.97 Å². The lowest BCUT2D eigenvalue weighted by Crippen LogP contribution is -2.36. The molecule has 0 spiro atoms. The number of nitrogens with one attached hydrogen (secondary N) is 1. The summed E-state index contributed by atoms with van der Waals surface area (Å²) >= 11 is 3.42. The first kappa shape index (κ1) is 18.6. The summed E-state index contributed by atoms with van der Waals surface area (Å²) in [4.78, 5) is 25.4. The zero-order valence-electron chi connectivity index (χ0n) is 13.3. The Morgan fingerprint density at radius 1 is 1.32 bits per heavy atom. The number of nitrogens with zero attached hydrogens (tertiary/aromatic N) is 2. The summed E-state index contributed by atoms with van der Waals surface area (Å²) in [5.74, 6) is -0.402. The van der Waals surface area contributed by atoms with E-state index in [0.29, 0.717) is 23.3 Å². The predicted molar refractivity (Wildman–Crippen MR) is 84.8 cm³/mol. The smallest absolute Gasteiger partial charge is 0.307 e. The molecule has 0 aromatic carbocycles. The molecule has 8 heteroatoms. The van der Waals surface area contributed by atoms with Crippen molar-refractivity contribution in [3.8, 4) is 0 Å². The van der Waals surface area contributed by atoms with E-state index in [4.69, 9.17) is 4.74 Å². The van der Waals surface area contributed by atoms with E-state index in [1.54, 1.807) is 7.11 Å². The van der Waals surface area contributed by atoms with Crippen LogP contribution in [0.25, 0.3) is 0 Å². The molecule has 0 saturated carbocycles. The predicted octanol–water partition coefficient (Wildman–Crippen LogP) is 1.95. The summed E-state index contributed by atoms with van der Waals surface area (Å²) < 4.78 is 10.3. The normalized spacial score (nSPS) is 10.8. The van der Waals surface area contributed by atoms with Gasteiger partial charge in [0.25, 0.3) is 5.91 Å². The second-order valence-electron chi connectivity index (χ2n) is 5.07. The molecule has 7 nitrogen and oxygen atoms in total. The lowest BCUT2D eigenvalue weighted by molar-refractivity contribution is -0.140. The Morgan fingerprint density at radius 3 is 2.50 bits per heavy atom. The van der Waals surface area contributed by atoms with Gasteiger partial charge in [-0.05, 0) is 21.8 Å². The minimum absolute atomic E-state index is 0.130. The zero-order valence-corrected chi connectivity index (χ0v) is 14.9. The minimum atomic E-state index is -0.362. The van der Waals surface area contributed by atoms with Gasteiger partial charge in [0.15, 0.2) is 5.69 Å². The number of aromatic amines is 1. The van der Waals surface area contributed by atoms with Gasteiger partial charge in [-0.3, -0.25) is 14.7 Å². The van der Waals surface area contributed by atoms with E-state index in [0.717, 1.165) is 5.69 Å². The molecule has 1 heterocycles. The Bertz CT molecular complexity index is 516. The van der Waals surface area contributed by atoms with Crippen molar-refractivity contribution < 1.29 is 19.1 Å². The first-order valence-electron chi connectivity index (χ1n) is 7.01. The fourth-order valence-electron chi connectivity index (χ4n) is 1.86. The Morgan fingerprint density at radius 2 is 2.00 bits per heavy atom. The maximum absolute atomic E-state index is 12.6. The number of H-pyrrole nitrogens is 1. The van der Waals surface area contributed by atoms with Crippen LogP contribution in [-0.4, -0.2) is 60.9 Å². The second-order valence-corrected chi connectivity index (χ2v) is 5.86. The first-order valence-corrected chi connectivity index (χ1v) is 7.80. The van der Waals surface area contributed by atoms with Gasteiger partial charge in [0, 0.05) is 20.2 Å². The van der Waals surface area contributed by atoms with Gasteiger partial charge < -0.3 is 14.4 Å². The maximum atomic E-state index is 12.6. The van der Waals surface area contributed by atoms with E-state index < -0.39 is 0 Å². The van der Waals surface area contributed by atoms with Crippen molar-refractivity contribution >= 4 is 27.8 Å². The molecule has 0 aliphatic carbocycles. The summed E-state index contributed by atoms with van der Waals surface area (Å²) in [5, 5.41) is 6.97. The molecule has 1 aromatic heterocycles. The fourth-order valence-corrected chi connectivity index (χ4v) is 2.67. The van der Waals surface area contributed by atoms with Crippen molar-refractivity contribution in [2.75, 3.05) is 33.9 Å². The number of aromatic nitrogens is 2. The van der Waals surface area contributed by atoms with Gasteiger partial charge in [-0.2, -0.15) is 5.10 Å². The molecule has 0 fully saturated rings. The molecule has 1 aromatic rings. The van der Waals surface area contributed by atoms with Crippen LogP contribution in [0.1, 0.15) is 42.4 Å². The van der Waals surface area contributed by atoms with Crippen molar-refractivity contribution in [3.63, 3.8) is 0 Å². The number of methoxy groups -OCH3 is 2. The van der Waals surface area contributed by atoms with Crippen LogP contribution < -0.4 is 0 Å². The summed E-state index contributed by atoms with van der Waals surface area (Å²) in [6.45, 7) is 5.03. The molecule has 0 saturated heterocycles. The van der Waals surface area contributed by atoms with E-state index in [1.165, 1.54) is 12.0 Å². The van der Waals surface area contributed by atoms with Gasteiger partial charge in [0.05, 0.1) is 30.3 Å². The number of ether oxygens (including phenoxy) is 2. The highest BCUT2D eigenvalue weighted by molar-refractivity contribution is 9.10. The highest BCUT2D eigenvalue weighted by atomic mass is 79.9. The fraction of sp³-hybridized carbons (Fsp3) is 0.643. The number of esters is 1. The van der Waals surface area contributed by atoms with Crippen molar-refractivity contribution in [1.82, 2.24) is 15.1 Å². The highest BCUT2D eigenvalue weighted by Gasteiger charge is 2.24. The topological polar surface area (TPSA) is 84.5 Å². The van der Waals surface area contributed by atoms with E-state index in [1.807, 2.05) is 13.8 Å². The summed E-state index contributed by atoms with van der Waals surface area (Å²) in [6, 6.07) is 0. The summed E-state index contributed by atoms with van der Waals surface area (Å²) in [7, 11) is 2.88. The van der Waals surface area contributed by atoms with Crippen LogP contribution in [-0.2, 0) is 14.3 Å². The number of carbonyl (C=O) groups is 2. The average molecular weight is 376 g/mol. The lowest BCUT2D eigenvalue weighted by Gasteiger charge is -2.21. The number of rotatable bonds is 8. The number of carbonyl (C=O) groups excluding carboxylic acids is 2. The van der Waals surface area contributed by atoms with Crippen LogP contribution in [0.3, 0.4) is 0 Å². The third-order valence-electron chi connectivity index (χ3n) is 3.18. The SMILES string of the molecule is COCCN(CCC(=O)OC)C(=O)c1n[nH]c(C(C)C)c1Br. The monoisotopic (exact) mass is 375 g/mol. The van der Waals surface area contributed by atoms with Gasteiger partial charge in [0.1, 0.15) is 0 Å². The molecular formula is C14H22BrN3O4. The van der Waals surface area contributed by atoms with Crippen molar-refractivity contribution in [2.45, 2.75) is 26.2 Å². The Kier molecular flexibility index (Phi) is 7.53. The average Bonchev–Trinajstić information content (AvgIpc) is 2.88. The molecular weight excluding hydrogens is 354 g/mol. The van der Waals surface area contributed by atoms with Gasteiger partial charge in [-0.25, -0.2) is 0 Å². The largest absolute Gasteiger partial charge is 0.469 e. The molecule has 1 amide bonds. The summed E-state index contributed by atoms with van der Waals surface area (Å²) in [6.07, 6.45) is 0.130. The quantitative estimate of drug-likeness (QED) is 0.701. The molecule has 0 bridgehead atoms. The third kappa shape index (κ3) is 4.81. The number of halogens is 1. The first-order chi connectivity index (χ1) is 10.4. The Balaban J connectivity index is 2.88. The maximum Gasteiger partial charge on any atom is 0.307 e. The third-order valence-corrected chi connectivity index (χ3v) is 3.98. The minimum Gasteiger partial charge on any atom is -0.469 e. The Labute approximate surface area is 138 Å².